The highest BCUT2D eigenvalue weighted by Crippen LogP contribution is 2.18. The molecule has 0 N–H and O–H groups in total. The standard InChI is InChI=1S/C46H76O4/c1-4-7-10-13-16-19-21-23-25-27-29-31-34-37-40-43(46(49)50-42-39-36-33-18-15-12-9-6-3)45(48)44(47)41-38-35-32-30-28-26-24-22-20-17-14-11-8-5-2/h7-8,10-11,16-17,19-20,23-26,43H,4-6,9,12-15,18,21-22,27-42H2,1-3H3/b10-7-,11-8-,19-16-,20-17-,25-23-,26-24-. The van der Waals surface area contributed by atoms with Gasteiger partial charge in [-0.25, -0.2) is 0 Å². The molecule has 50 heavy (non-hydrogen) atoms. The summed E-state index contributed by atoms with van der Waals surface area (Å²) in [5, 5.41) is 0. The molecular formula is C46H76O4. The zero-order valence-electron chi connectivity index (χ0n) is 32.7. The molecule has 0 rings (SSSR count). The van der Waals surface area contributed by atoms with E-state index in [0.29, 0.717) is 19.4 Å². The smallest absolute Gasteiger partial charge is 0.316 e. The second-order valence-electron chi connectivity index (χ2n) is 13.5. The SMILES string of the molecule is CC/C=C\C/C=C\C/C=C\CCCCCCC(=O)C(=O)C(CCCCCC/C=C\C/C=C\C/C=C\CC)C(=O)OCCCCCCCCCC. The van der Waals surface area contributed by atoms with Crippen LogP contribution in [0.3, 0.4) is 0 Å². The van der Waals surface area contributed by atoms with Crippen LogP contribution in [0.2, 0.25) is 0 Å². The Morgan fingerprint density at radius 3 is 1.40 bits per heavy atom. The van der Waals surface area contributed by atoms with E-state index in [0.717, 1.165) is 116 Å². The maximum absolute atomic E-state index is 13.2. The van der Waals surface area contributed by atoms with Crippen LogP contribution in [-0.2, 0) is 19.1 Å². The van der Waals surface area contributed by atoms with Crippen molar-refractivity contribution in [2.45, 2.75) is 188 Å². The minimum atomic E-state index is -0.947. The molecule has 0 heterocycles. The molecule has 0 saturated heterocycles. The lowest BCUT2D eigenvalue weighted by atomic mass is 9.92. The van der Waals surface area contributed by atoms with E-state index in [1.165, 1.54) is 32.1 Å². The maximum atomic E-state index is 13.2. The minimum Gasteiger partial charge on any atom is -0.465 e. The van der Waals surface area contributed by atoms with Gasteiger partial charge >= 0.3 is 5.97 Å². The van der Waals surface area contributed by atoms with Crippen LogP contribution in [0.4, 0.5) is 0 Å². The van der Waals surface area contributed by atoms with Gasteiger partial charge in [0, 0.05) is 6.42 Å². The number of Topliss-reactive ketones (excluding diaryl/α,β-unsaturated/α-hetero) is 2. The molecule has 0 spiro atoms. The van der Waals surface area contributed by atoms with Gasteiger partial charge in [-0.1, -0.05) is 171 Å². The zero-order chi connectivity index (χ0) is 36.6. The fourth-order valence-electron chi connectivity index (χ4n) is 5.70. The summed E-state index contributed by atoms with van der Waals surface area (Å²) in [6, 6.07) is 0. The largest absolute Gasteiger partial charge is 0.465 e. The second-order valence-corrected chi connectivity index (χ2v) is 13.5. The number of carbonyl (C=O) groups excluding carboxylic acids is 3. The van der Waals surface area contributed by atoms with Gasteiger partial charge in [0.15, 0.2) is 5.78 Å². The molecule has 0 bridgehead atoms. The number of esters is 1. The Balaban J connectivity index is 4.52. The second kappa shape index (κ2) is 39.0. The molecule has 0 aliphatic heterocycles. The Morgan fingerprint density at radius 2 is 0.880 bits per heavy atom. The lowest BCUT2D eigenvalue weighted by molar-refractivity contribution is -0.155. The number of hydrogen-bond acceptors (Lipinski definition) is 4. The molecule has 4 heteroatoms. The Bertz CT molecular complexity index is 980. The first-order valence-corrected chi connectivity index (χ1v) is 20.7. The molecule has 0 aromatic heterocycles. The summed E-state index contributed by atoms with van der Waals surface area (Å²) in [4.78, 5) is 39.1. The molecule has 4 nitrogen and oxygen atoms in total. The molecule has 0 fully saturated rings. The highest BCUT2D eigenvalue weighted by Gasteiger charge is 2.31. The first-order valence-electron chi connectivity index (χ1n) is 20.7. The van der Waals surface area contributed by atoms with Gasteiger partial charge in [-0.05, 0) is 83.5 Å². The normalized spacial score (nSPS) is 12.9. The molecule has 0 radical (unpaired) electrons. The number of rotatable bonds is 36. The van der Waals surface area contributed by atoms with E-state index in [1.54, 1.807) is 0 Å². The predicted molar refractivity (Wildman–Crippen MR) is 216 cm³/mol. The van der Waals surface area contributed by atoms with Crippen molar-refractivity contribution in [3.63, 3.8) is 0 Å². The van der Waals surface area contributed by atoms with Crippen molar-refractivity contribution in [3.8, 4) is 0 Å². The molecular weight excluding hydrogens is 617 g/mol. The number of allylic oxidation sites excluding steroid dienone is 12. The Hall–Kier alpha value is -2.75. The van der Waals surface area contributed by atoms with Crippen molar-refractivity contribution in [2.75, 3.05) is 6.61 Å². The van der Waals surface area contributed by atoms with Crippen molar-refractivity contribution in [1.82, 2.24) is 0 Å². The number of hydrogen-bond donors (Lipinski definition) is 0. The number of ether oxygens (including phenoxy) is 1. The number of unbranched alkanes of at least 4 members (excludes halogenated alkanes) is 15. The van der Waals surface area contributed by atoms with Crippen LogP contribution in [0.1, 0.15) is 188 Å². The van der Waals surface area contributed by atoms with E-state index < -0.39 is 23.5 Å². The average Bonchev–Trinajstić information content (AvgIpc) is 3.12. The summed E-state index contributed by atoms with van der Waals surface area (Å²) in [6.07, 6.45) is 52.2. The summed E-state index contributed by atoms with van der Waals surface area (Å²) in [7, 11) is 0. The highest BCUT2D eigenvalue weighted by molar-refractivity contribution is 6.41. The molecule has 0 aromatic carbocycles. The van der Waals surface area contributed by atoms with Gasteiger partial charge in [-0.3, -0.25) is 14.4 Å². The summed E-state index contributed by atoms with van der Waals surface area (Å²) in [6.45, 7) is 6.85. The lowest BCUT2D eigenvalue weighted by Gasteiger charge is -2.15. The van der Waals surface area contributed by atoms with Gasteiger partial charge in [-0.15, -0.1) is 0 Å². The third-order valence-corrected chi connectivity index (χ3v) is 8.82. The van der Waals surface area contributed by atoms with E-state index in [9.17, 15) is 14.4 Å². The van der Waals surface area contributed by atoms with Crippen LogP contribution < -0.4 is 0 Å². The summed E-state index contributed by atoms with van der Waals surface area (Å²) < 4.78 is 5.57. The molecule has 0 amide bonds. The summed E-state index contributed by atoms with van der Waals surface area (Å²) in [5.74, 6) is -2.38. The van der Waals surface area contributed by atoms with E-state index in [2.05, 4.69) is 93.7 Å². The third-order valence-electron chi connectivity index (χ3n) is 8.82. The maximum Gasteiger partial charge on any atom is 0.316 e. The summed E-state index contributed by atoms with van der Waals surface area (Å²) in [5.41, 5.74) is 0. The first-order chi connectivity index (χ1) is 24.6. The van der Waals surface area contributed by atoms with Crippen LogP contribution in [-0.4, -0.2) is 24.1 Å². The van der Waals surface area contributed by atoms with Crippen LogP contribution in [0.5, 0.6) is 0 Å². The minimum absolute atomic E-state index is 0.227. The monoisotopic (exact) mass is 693 g/mol. The Labute approximate surface area is 309 Å². The highest BCUT2D eigenvalue weighted by atomic mass is 16.5. The van der Waals surface area contributed by atoms with Gasteiger partial charge in [-0.2, -0.15) is 0 Å². The van der Waals surface area contributed by atoms with E-state index in [-0.39, 0.29) is 6.42 Å². The van der Waals surface area contributed by atoms with Gasteiger partial charge in [0.2, 0.25) is 5.78 Å². The topological polar surface area (TPSA) is 60.4 Å². The molecule has 284 valence electrons. The zero-order valence-corrected chi connectivity index (χ0v) is 32.7. The molecule has 1 atom stereocenters. The first kappa shape index (κ1) is 47.2. The van der Waals surface area contributed by atoms with Gasteiger partial charge in [0.05, 0.1) is 6.61 Å². The van der Waals surface area contributed by atoms with Crippen LogP contribution in [0.15, 0.2) is 72.9 Å². The van der Waals surface area contributed by atoms with Crippen molar-refractivity contribution < 1.29 is 19.1 Å². The van der Waals surface area contributed by atoms with Crippen molar-refractivity contribution >= 4 is 17.5 Å². The summed E-state index contributed by atoms with van der Waals surface area (Å²) >= 11 is 0. The number of carbonyl (C=O) groups is 3. The average molecular weight is 693 g/mol. The molecule has 0 aliphatic rings. The van der Waals surface area contributed by atoms with Crippen molar-refractivity contribution in [2.24, 2.45) is 5.92 Å². The van der Waals surface area contributed by atoms with E-state index in [4.69, 9.17) is 4.74 Å². The molecule has 1 unspecified atom stereocenters. The van der Waals surface area contributed by atoms with Gasteiger partial charge < -0.3 is 4.74 Å². The van der Waals surface area contributed by atoms with E-state index >= 15 is 0 Å². The van der Waals surface area contributed by atoms with Crippen molar-refractivity contribution in [3.05, 3.63) is 72.9 Å². The van der Waals surface area contributed by atoms with Crippen LogP contribution in [0.25, 0.3) is 0 Å². The molecule has 0 aliphatic carbocycles. The fourth-order valence-corrected chi connectivity index (χ4v) is 5.70. The third kappa shape index (κ3) is 32.5. The number of ketones is 2. The molecule has 0 aromatic rings. The fraction of sp³-hybridized carbons (Fsp3) is 0.674. The molecule has 0 saturated carbocycles. The predicted octanol–water partition coefficient (Wildman–Crippen LogP) is 13.8. The van der Waals surface area contributed by atoms with Gasteiger partial charge in [0.25, 0.3) is 0 Å². The van der Waals surface area contributed by atoms with Crippen molar-refractivity contribution in [1.29, 1.82) is 0 Å². The Morgan fingerprint density at radius 1 is 0.460 bits per heavy atom. The lowest BCUT2D eigenvalue weighted by Crippen LogP contribution is -2.32. The van der Waals surface area contributed by atoms with Crippen LogP contribution >= 0.6 is 0 Å². The Kier molecular flexibility index (Phi) is 36.9. The van der Waals surface area contributed by atoms with E-state index in [1.807, 2.05) is 0 Å². The van der Waals surface area contributed by atoms with Crippen LogP contribution in [0, 0.1) is 5.92 Å². The quantitative estimate of drug-likeness (QED) is 0.0216. The van der Waals surface area contributed by atoms with Gasteiger partial charge in [0.1, 0.15) is 5.92 Å².